The Morgan fingerprint density at radius 1 is 1.32 bits per heavy atom. The SMILES string of the molecule is I.NC(=NCCS(=O)(=O)c1ccccc1F)N1CCOCC1. The van der Waals surface area contributed by atoms with Crippen LogP contribution in [-0.4, -0.2) is 57.9 Å². The maximum atomic E-state index is 13.5. The van der Waals surface area contributed by atoms with Gasteiger partial charge >= 0.3 is 0 Å². The Labute approximate surface area is 146 Å². The van der Waals surface area contributed by atoms with Crippen LogP contribution in [0.25, 0.3) is 0 Å². The minimum absolute atomic E-state index is 0. The van der Waals surface area contributed by atoms with Crippen molar-refractivity contribution in [2.45, 2.75) is 4.90 Å². The molecule has 1 aliphatic heterocycles. The van der Waals surface area contributed by atoms with E-state index in [0.29, 0.717) is 32.3 Å². The zero-order valence-corrected chi connectivity index (χ0v) is 15.1. The van der Waals surface area contributed by atoms with Crippen molar-refractivity contribution in [1.29, 1.82) is 0 Å². The van der Waals surface area contributed by atoms with E-state index in [9.17, 15) is 12.8 Å². The summed E-state index contributed by atoms with van der Waals surface area (Å²) >= 11 is 0. The second-order valence-electron chi connectivity index (χ2n) is 4.59. The topological polar surface area (TPSA) is 85.0 Å². The first-order chi connectivity index (χ1) is 10.0. The Morgan fingerprint density at radius 2 is 1.95 bits per heavy atom. The molecule has 2 rings (SSSR count). The van der Waals surface area contributed by atoms with Crippen LogP contribution in [0, 0.1) is 5.82 Å². The third kappa shape index (κ3) is 5.06. The highest BCUT2D eigenvalue weighted by Gasteiger charge is 2.18. The lowest BCUT2D eigenvalue weighted by molar-refractivity contribution is 0.0674. The summed E-state index contributed by atoms with van der Waals surface area (Å²) < 4.78 is 42.7. The number of sulfone groups is 1. The third-order valence-electron chi connectivity index (χ3n) is 3.14. The largest absolute Gasteiger partial charge is 0.378 e. The number of rotatable bonds is 4. The Hall–Kier alpha value is -0.940. The summed E-state index contributed by atoms with van der Waals surface area (Å²) in [7, 11) is -3.70. The van der Waals surface area contributed by atoms with Gasteiger partial charge in [0.1, 0.15) is 10.7 Å². The first kappa shape index (κ1) is 19.1. The number of halogens is 2. The van der Waals surface area contributed by atoms with Gasteiger partial charge in [0.2, 0.25) is 0 Å². The van der Waals surface area contributed by atoms with Crippen LogP contribution in [0.2, 0.25) is 0 Å². The number of nitrogens with two attached hydrogens (primary N) is 1. The van der Waals surface area contributed by atoms with Crippen LogP contribution < -0.4 is 5.73 Å². The third-order valence-corrected chi connectivity index (χ3v) is 4.86. The van der Waals surface area contributed by atoms with Crippen LogP contribution >= 0.6 is 24.0 Å². The van der Waals surface area contributed by atoms with Crippen molar-refractivity contribution in [3.8, 4) is 0 Å². The molecular formula is C13H19FIN3O3S. The lowest BCUT2D eigenvalue weighted by atomic mass is 10.3. The number of hydrogen-bond donors (Lipinski definition) is 1. The highest BCUT2D eigenvalue weighted by Crippen LogP contribution is 2.15. The van der Waals surface area contributed by atoms with Gasteiger partial charge in [-0.15, -0.1) is 24.0 Å². The molecule has 124 valence electrons. The molecule has 0 aromatic heterocycles. The predicted octanol–water partition coefficient (Wildman–Crippen LogP) is 0.864. The molecule has 0 amide bonds. The van der Waals surface area contributed by atoms with Crippen molar-refractivity contribution in [3.05, 3.63) is 30.1 Å². The van der Waals surface area contributed by atoms with Crippen molar-refractivity contribution in [3.63, 3.8) is 0 Å². The van der Waals surface area contributed by atoms with Gasteiger partial charge in [0.15, 0.2) is 15.8 Å². The number of guanidine groups is 1. The van der Waals surface area contributed by atoms with Gasteiger partial charge in [0, 0.05) is 13.1 Å². The van der Waals surface area contributed by atoms with Gasteiger partial charge in [-0.25, -0.2) is 12.8 Å². The predicted molar refractivity (Wildman–Crippen MR) is 92.7 cm³/mol. The molecule has 1 aromatic rings. The molecule has 0 bridgehead atoms. The summed E-state index contributed by atoms with van der Waals surface area (Å²) in [5, 5.41) is 0. The van der Waals surface area contributed by atoms with E-state index >= 15 is 0 Å². The van der Waals surface area contributed by atoms with E-state index in [2.05, 4.69) is 4.99 Å². The van der Waals surface area contributed by atoms with Gasteiger partial charge in [-0.3, -0.25) is 4.99 Å². The van der Waals surface area contributed by atoms with Gasteiger partial charge in [-0.2, -0.15) is 0 Å². The molecule has 0 radical (unpaired) electrons. The van der Waals surface area contributed by atoms with Crippen LogP contribution in [0.1, 0.15) is 0 Å². The number of nitrogens with zero attached hydrogens (tertiary/aromatic N) is 2. The molecule has 1 saturated heterocycles. The minimum Gasteiger partial charge on any atom is -0.378 e. The molecule has 9 heteroatoms. The van der Waals surface area contributed by atoms with Crippen molar-refractivity contribution >= 4 is 39.8 Å². The molecule has 0 unspecified atom stereocenters. The summed E-state index contributed by atoms with van der Waals surface area (Å²) in [6.07, 6.45) is 0. The fourth-order valence-electron chi connectivity index (χ4n) is 1.98. The van der Waals surface area contributed by atoms with Crippen LogP contribution in [0.5, 0.6) is 0 Å². The van der Waals surface area contributed by atoms with E-state index in [-0.39, 0.29) is 41.2 Å². The van der Waals surface area contributed by atoms with Crippen molar-refractivity contribution in [2.24, 2.45) is 10.7 Å². The number of morpholine rings is 1. The summed E-state index contributed by atoms with van der Waals surface area (Å²) in [5.41, 5.74) is 5.80. The molecule has 22 heavy (non-hydrogen) atoms. The van der Waals surface area contributed by atoms with Gasteiger partial charge in [-0.1, -0.05) is 12.1 Å². The molecule has 1 fully saturated rings. The summed E-state index contributed by atoms with van der Waals surface area (Å²) in [6, 6.07) is 5.31. The Balaban J connectivity index is 0.00000242. The fraction of sp³-hybridized carbons (Fsp3) is 0.462. The van der Waals surface area contributed by atoms with Crippen LogP contribution in [0.4, 0.5) is 4.39 Å². The number of aliphatic imine (C=N–C) groups is 1. The lowest BCUT2D eigenvalue weighted by Crippen LogP contribution is -2.45. The molecule has 1 aliphatic rings. The highest BCUT2D eigenvalue weighted by molar-refractivity contribution is 14.0. The molecular weight excluding hydrogens is 424 g/mol. The molecule has 0 saturated carbocycles. The number of benzene rings is 1. The Kier molecular flexibility index (Phi) is 7.49. The van der Waals surface area contributed by atoms with Crippen molar-refractivity contribution in [1.82, 2.24) is 4.90 Å². The summed E-state index contributed by atoms with van der Waals surface area (Å²) in [5.74, 6) is -0.733. The van der Waals surface area contributed by atoms with E-state index in [0.717, 1.165) is 6.07 Å². The maximum Gasteiger partial charge on any atom is 0.191 e. The quantitative estimate of drug-likeness (QED) is 0.424. The van der Waals surface area contributed by atoms with Crippen molar-refractivity contribution in [2.75, 3.05) is 38.6 Å². The van der Waals surface area contributed by atoms with Gasteiger partial charge in [-0.05, 0) is 12.1 Å². The smallest absolute Gasteiger partial charge is 0.191 e. The Morgan fingerprint density at radius 3 is 2.59 bits per heavy atom. The van der Waals surface area contributed by atoms with Gasteiger partial charge in [0.25, 0.3) is 0 Å². The molecule has 0 spiro atoms. The molecule has 1 heterocycles. The zero-order chi connectivity index (χ0) is 15.3. The number of hydrogen-bond acceptors (Lipinski definition) is 4. The van der Waals surface area contributed by atoms with Crippen LogP contribution in [-0.2, 0) is 14.6 Å². The van der Waals surface area contributed by atoms with Crippen molar-refractivity contribution < 1.29 is 17.5 Å². The molecule has 0 aliphatic carbocycles. The number of ether oxygens (including phenoxy) is 1. The summed E-state index contributed by atoms with van der Waals surface area (Å²) in [4.78, 5) is 5.58. The summed E-state index contributed by atoms with van der Waals surface area (Å²) in [6.45, 7) is 2.41. The zero-order valence-electron chi connectivity index (χ0n) is 11.9. The van der Waals surface area contributed by atoms with Crippen LogP contribution in [0.15, 0.2) is 34.2 Å². The molecule has 1 aromatic carbocycles. The van der Waals surface area contributed by atoms with Crippen LogP contribution in [0.3, 0.4) is 0 Å². The van der Waals surface area contributed by atoms with E-state index in [1.807, 2.05) is 4.90 Å². The second kappa shape index (κ2) is 8.63. The minimum atomic E-state index is -3.70. The second-order valence-corrected chi connectivity index (χ2v) is 6.67. The molecule has 0 atom stereocenters. The van der Waals surface area contributed by atoms with E-state index in [1.54, 1.807) is 0 Å². The maximum absolute atomic E-state index is 13.5. The van der Waals surface area contributed by atoms with Gasteiger partial charge < -0.3 is 15.4 Å². The van der Waals surface area contributed by atoms with E-state index in [1.165, 1.54) is 18.2 Å². The van der Waals surface area contributed by atoms with E-state index in [4.69, 9.17) is 10.5 Å². The fourth-order valence-corrected chi connectivity index (χ4v) is 3.18. The lowest BCUT2D eigenvalue weighted by Gasteiger charge is -2.27. The normalized spacial score (nSPS) is 16.2. The Bertz CT molecular complexity index is 619. The molecule has 6 nitrogen and oxygen atoms in total. The monoisotopic (exact) mass is 443 g/mol. The average Bonchev–Trinajstić information content (AvgIpc) is 2.48. The van der Waals surface area contributed by atoms with Gasteiger partial charge in [0.05, 0.1) is 25.5 Å². The first-order valence-corrected chi connectivity index (χ1v) is 8.26. The first-order valence-electron chi connectivity index (χ1n) is 6.60. The average molecular weight is 443 g/mol. The van der Waals surface area contributed by atoms with E-state index < -0.39 is 15.7 Å². The highest BCUT2D eigenvalue weighted by atomic mass is 127. The standard InChI is InChI=1S/C13H18FN3O3S.HI/c14-11-3-1-2-4-12(11)21(18,19)10-5-16-13(15)17-6-8-20-9-7-17;/h1-4H,5-10H2,(H2,15,16);1H. The molecule has 2 N–H and O–H groups in total.